The van der Waals surface area contributed by atoms with Crippen molar-refractivity contribution in [1.29, 1.82) is 0 Å². The molecule has 0 aliphatic carbocycles. The van der Waals surface area contributed by atoms with Crippen LogP contribution in [-0.2, 0) is 6.54 Å². The predicted octanol–water partition coefficient (Wildman–Crippen LogP) is 4.10. The number of piperazine rings is 1. The number of urea groups is 1. The molecule has 3 aromatic rings. The van der Waals surface area contributed by atoms with Crippen LogP contribution in [0, 0.1) is 20.8 Å². The van der Waals surface area contributed by atoms with Gasteiger partial charge >= 0.3 is 6.03 Å². The van der Waals surface area contributed by atoms with Crippen molar-refractivity contribution >= 4 is 22.8 Å². The van der Waals surface area contributed by atoms with Gasteiger partial charge in [0.05, 0.1) is 6.54 Å². The first kappa shape index (κ1) is 18.5. The Balaban J connectivity index is 1.33. The zero-order chi connectivity index (χ0) is 19.7. The second-order valence-electron chi connectivity index (χ2n) is 7.52. The van der Waals surface area contributed by atoms with Crippen LogP contribution in [-0.4, -0.2) is 47.0 Å². The lowest BCUT2D eigenvalue weighted by Crippen LogP contribution is -2.49. The van der Waals surface area contributed by atoms with Gasteiger partial charge in [-0.05, 0) is 55.7 Å². The minimum Gasteiger partial charge on any atom is -0.439 e. The summed E-state index contributed by atoms with van der Waals surface area (Å²) in [5, 5.41) is 3.05. The third-order valence-corrected chi connectivity index (χ3v) is 5.45. The number of nitrogens with one attached hydrogen (secondary N) is 1. The summed E-state index contributed by atoms with van der Waals surface area (Å²) in [7, 11) is 0. The number of carbonyl (C=O) groups excluding carboxylic acids is 1. The minimum atomic E-state index is -0.0364. The molecule has 2 aromatic carbocycles. The highest BCUT2D eigenvalue weighted by Crippen LogP contribution is 2.20. The van der Waals surface area contributed by atoms with Crippen LogP contribution in [0.1, 0.15) is 22.6 Å². The molecule has 6 nitrogen and oxygen atoms in total. The number of aryl methyl sites for hydroxylation is 2. The maximum absolute atomic E-state index is 12.6. The molecule has 1 fully saturated rings. The van der Waals surface area contributed by atoms with E-state index in [-0.39, 0.29) is 6.03 Å². The Morgan fingerprint density at radius 3 is 2.68 bits per heavy atom. The van der Waals surface area contributed by atoms with Crippen molar-refractivity contribution in [3.63, 3.8) is 0 Å². The highest BCUT2D eigenvalue weighted by Gasteiger charge is 2.22. The van der Waals surface area contributed by atoms with Gasteiger partial charge in [0, 0.05) is 31.9 Å². The summed E-state index contributed by atoms with van der Waals surface area (Å²) in [6.45, 7) is 9.79. The molecule has 0 unspecified atom stereocenters. The Morgan fingerprint density at radius 2 is 1.89 bits per heavy atom. The number of anilines is 1. The summed E-state index contributed by atoms with van der Waals surface area (Å²) in [6, 6.07) is 12.0. The number of fused-ring (bicyclic) bond motifs is 1. The average molecular weight is 378 g/mol. The summed E-state index contributed by atoms with van der Waals surface area (Å²) >= 11 is 0. The van der Waals surface area contributed by atoms with E-state index in [9.17, 15) is 4.79 Å². The number of hydrogen-bond acceptors (Lipinski definition) is 4. The Kier molecular flexibility index (Phi) is 5.05. The number of rotatable bonds is 3. The fourth-order valence-electron chi connectivity index (χ4n) is 3.53. The summed E-state index contributed by atoms with van der Waals surface area (Å²) in [5.41, 5.74) is 6.08. The molecule has 1 aliphatic heterocycles. The first-order valence-corrected chi connectivity index (χ1v) is 9.70. The van der Waals surface area contributed by atoms with Crippen molar-refractivity contribution in [2.24, 2.45) is 0 Å². The molecule has 0 bridgehead atoms. The van der Waals surface area contributed by atoms with E-state index in [0.29, 0.717) is 19.6 Å². The number of nitrogens with zero attached hydrogens (tertiary/aromatic N) is 3. The van der Waals surface area contributed by atoms with Gasteiger partial charge in [0.25, 0.3) is 0 Å². The number of benzene rings is 2. The molecule has 4 rings (SSSR count). The smallest absolute Gasteiger partial charge is 0.321 e. The Labute approximate surface area is 165 Å². The van der Waals surface area contributed by atoms with Crippen molar-refractivity contribution in [3.05, 3.63) is 59.0 Å². The molecule has 0 atom stereocenters. The lowest BCUT2D eigenvalue weighted by molar-refractivity contribution is 0.136. The fraction of sp³-hybridized carbons (Fsp3) is 0.364. The molecule has 1 saturated heterocycles. The molecule has 28 heavy (non-hydrogen) atoms. The van der Waals surface area contributed by atoms with Crippen molar-refractivity contribution < 1.29 is 9.21 Å². The summed E-state index contributed by atoms with van der Waals surface area (Å²) < 4.78 is 5.86. The van der Waals surface area contributed by atoms with E-state index in [1.54, 1.807) is 0 Å². The molecule has 0 saturated carbocycles. The second kappa shape index (κ2) is 7.64. The molecule has 0 spiro atoms. The van der Waals surface area contributed by atoms with Crippen molar-refractivity contribution in [2.75, 3.05) is 31.5 Å². The van der Waals surface area contributed by atoms with Crippen LogP contribution in [0.2, 0.25) is 0 Å². The molecule has 6 heteroatoms. The largest absolute Gasteiger partial charge is 0.439 e. The number of carbonyl (C=O) groups is 1. The lowest BCUT2D eigenvalue weighted by atomic mass is 10.1. The third kappa shape index (κ3) is 3.87. The Hall–Kier alpha value is -2.86. The van der Waals surface area contributed by atoms with Crippen molar-refractivity contribution in [1.82, 2.24) is 14.8 Å². The molecule has 1 N–H and O–H groups in total. The average Bonchev–Trinajstić information content (AvgIpc) is 3.07. The number of oxazole rings is 1. The van der Waals surface area contributed by atoms with Gasteiger partial charge in [0.2, 0.25) is 5.89 Å². The maximum atomic E-state index is 12.6. The highest BCUT2D eigenvalue weighted by molar-refractivity contribution is 5.90. The van der Waals surface area contributed by atoms with E-state index in [0.717, 1.165) is 41.3 Å². The predicted molar refractivity (Wildman–Crippen MR) is 111 cm³/mol. The van der Waals surface area contributed by atoms with Gasteiger partial charge in [0.1, 0.15) is 5.52 Å². The van der Waals surface area contributed by atoms with Gasteiger partial charge in [-0.15, -0.1) is 0 Å². The van der Waals surface area contributed by atoms with E-state index in [2.05, 4.69) is 35.1 Å². The van der Waals surface area contributed by atoms with Crippen LogP contribution < -0.4 is 5.32 Å². The van der Waals surface area contributed by atoms with Gasteiger partial charge in [-0.2, -0.15) is 0 Å². The zero-order valence-electron chi connectivity index (χ0n) is 16.7. The Morgan fingerprint density at radius 1 is 1.11 bits per heavy atom. The molecule has 2 heterocycles. The van der Waals surface area contributed by atoms with Crippen LogP contribution in [0.4, 0.5) is 10.5 Å². The molecule has 1 aliphatic rings. The number of hydrogen-bond donors (Lipinski definition) is 1. The topological polar surface area (TPSA) is 61.6 Å². The normalized spacial score (nSPS) is 15.2. The van der Waals surface area contributed by atoms with Crippen LogP contribution in [0.5, 0.6) is 0 Å². The van der Waals surface area contributed by atoms with Gasteiger partial charge in [-0.3, -0.25) is 4.90 Å². The number of amides is 2. The monoisotopic (exact) mass is 378 g/mol. The molecule has 2 amide bonds. The van der Waals surface area contributed by atoms with E-state index in [1.807, 2.05) is 42.2 Å². The number of aromatic nitrogens is 1. The minimum absolute atomic E-state index is 0.0364. The lowest BCUT2D eigenvalue weighted by Gasteiger charge is -2.34. The molecular formula is C22H26N4O2. The van der Waals surface area contributed by atoms with Crippen LogP contribution in [0.15, 0.2) is 40.8 Å². The SMILES string of the molecule is Cc1ccc2oc(CN3CCN(C(=O)Nc4cccc(C)c4C)CC3)nc2c1. The molecule has 146 valence electrons. The van der Waals surface area contributed by atoms with E-state index < -0.39 is 0 Å². The quantitative estimate of drug-likeness (QED) is 0.745. The summed E-state index contributed by atoms with van der Waals surface area (Å²) in [6.07, 6.45) is 0. The molecular weight excluding hydrogens is 352 g/mol. The van der Waals surface area contributed by atoms with E-state index in [1.165, 1.54) is 11.1 Å². The van der Waals surface area contributed by atoms with Crippen LogP contribution in [0.25, 0.3) is 11.1 Å². The van der Waals surface area contributed by atoms with E-state index in [4.69, 9.17) is 4.42 Å². The van der Waals surface area contributed by atoms with Crippen LogP contribution in [0.3, 0.4) is 0 Å². The maximum Gasteiger partial charge on any atom is 0.321 e. The van der Waals surface area contributed by atoms with Crippen LogP contribution >= 0.6 is 0 Å². The zero-order valence-corrected chi connectivity index (χ0v) is 16.7. The van der Waals surface area contributed by atoms with Gasteiger partial charge in [-0.1, -0.05) is 18.2 Å². The molecule has 0 radical (unpaired) electrons. The fourth-order valence-corrected chi connectivity index (χ4v) is 3.53. The third-order valence-electron chi connectivity index (χ3n) is 5.45. The van der Waals surface area contributed by atoms with E-state index >= 15 is 0 Å². The van der Waals surface area contributed by atoms with Crippen molar-refractivity contribution in [2.45, 2.75) is 27.3 Å². The first-order chi connectivity index (χ1) is 13.5. The van der Waals surface area contributed by atoms with Gasteiger partial charge in [0.15, 0.2) is 5.58 Å². The molecule has 1 aromatic heterocycles. The Bertz CT molecular complexity index is 1000. The summed E-state index contributed by atoms with van der Waals surface area (Å²) in [4.78, 5) is 21.4. The highest BCUT2D eigenvalue weighted by atomic mass is 16.3. The summed E-state index contributed by atoms with van der Waals surface area (Å²) in [5.74, 6) is 0.730. The van der Waals surface area contributed by atoms with Crippen molar-refractivity contribution in [3.8, 4) is 0 Å². The van der Waals surface area contributed by atoms with Gasteiger partial charge < -0.3 is 14.6 Å². The standard InChI is InChI=1S/C22H26N4O2/c1-15-7-8-20-19(13-15)23-21(28-20)14-25-9-11-26(12-10-25)22(27)24-18-6-4-5-16(2)17(18)3/h4-8,13H,9-12,14H2,1-3H3,(H,24,27). The second-order valence-corrected chi connectivity index (χ2v) is 7.52. The first-order valence-electron chi connectivity index (χ1n) is 9.70. The van der Waals surface area contributed by atoms with Gasteiger partial charge in [-0.25, -0.2) is 9.78 Å².